The molecular formula is C12H17N5. The zero-order valence-corrected chi connectivity index (χ0v) is 10.3. The average molecular weight is 231 g/mol. The summed E-state index contributed by atoms with van der Waals surface area (Å²) in [4.78, 5) is 4.47. The van der Waals surface area contributed by atoms with Crippen LogP contribution in [0.25, 0.3) is 5.65 Å². The van der Waals surface area contributed by atoms with Crippen LogP contribution < -0.4 is 5.32 Å². The van der Waals surface area contributed by atoms with Gasteiger partial charge >= 0.3 is 0 Å². The van der Waals surface area contributed by atoms with Crippen LogP contribution in [0, 0.1) is 13.8 Å². The number of nitrogens with one attached hydrogen (secondary N) is 1. The minimum Gasteiger partial charge on any atom is -0.314 e. The van der Waals surface area contributed by atoms with Gasteiger partial charge in [0, 0.05) is 24.2 Å². The van der Waals surface area contributed by atoms with Gasteiger partial charge in [-0.05, 0) is 33.2 Å². The molecule has 0 bridgehead atoms. The molecule has 3 heterocycles. The third-order valence-corrected chi connectivity index (χ3v) is 3.35. The summed E-state index contributed by atoms with van der Waals surface area (Å²) in [6.07, 6.45) is 3.43. The molecule has 1 N–H and O–H groups in total. The van der Waals surface area contributed by atoms with Gasteiger partial charge in [-0.1, -0.05) is 0 Å². The first kappa shape index (κ1) is 10.7. The molecule has 1 aliphatic rings. The molecule has 2 aromatic rings. The Bertz CT molecular complexity index is 539. The molecule has 0 spiro atoms. The molecule has 0 aliphatic carbocycles. The zero-order chi connectivity index (χ0) is 11.8. The first-order chi connectivity index (χ1) is 8.24. The molecule has 0 radical (unpaired) electrons. The highest BCUT2D eigenvalue weighted by Gasteiger charge is 2.18. The van der Waals surface area contributed by atoms with Gasteiger partial charge in [0.1, 0.15) is 11.6 Å². The maximum atomic E-state index is 4.47. The van der Waals surface area contributed by atoms with Crippen molar-refractivity contribution in [3.8, 4) is 0 Å². The summed E-state index contributed by atoms with van der Waals surface area (Å²) < 4.78 is 2.06. The molecule has 1 aliphatic heterocycles. The average Bonchev–Trinajstić information content (AvgIpc) is 2.88. The fourth-order valence-corrected chi connectivity index (χ4v) is 2.58. The van der Waals surface area contributed by atoms with Crippen LogP contribution in [0.3, 0.4) is 0 Å². The summed E-state index contributed by atoms with van der Waals surface area (Å²) in [6, 6.07) is 2.52. The van der Waals surface area contributed by atoms with Crippen molar-refractivity contribution in [3.05, 3.63) is 23.4 Å². The number of hydrogen-bond acceptors (Lipinski definition) is 4. The lowest BCUT2D eigenvalue weighted by Gasteiger charge is -2.09. The predicted molar refractivity (Wildman–Crippen MR) is 65.0 cm³/mol. The van der Waals surface area contributed by atoms with Crippen molar-refractivity contribution in [1.29, 1.82) is 0 Å². The molecule has 90 valence electrons. The van der Waals surface area contributed by atoms with E-state index in [4.69, 9.17) is 0 Å². The van der Waals surface area contributed by atoms with E-state index in [2.05, 4.69) is 24.9 Å². The van der Waals surface area contributed by atoms with Crippen LogP contribution in [0.15, 0.2) is 6.07 Å². The molecule has 0 amide bonds. The molecule has 0 aromatic carbocycles. The van der Waals surface area contributed by atoms with Gasteiger partial charge in [0.25, 0.3) is 0 Å². The third kappa shape index (κ3) is 1.91. The highest BCUT2D eigenvalue weighted by molar-refractivity contribution is 5.39. The Kier molecular flexibility index (Phi) is 2.55. The van der Waals surface area contributed by atoms with E-state index in [0.717, 1.165) is 36.0 Å². The van der Waals surface area contributed by atoms with Crippen molar-refractivity contribution >= 4 is 5.65 Å². The van der Waals surface area contributed by atoms with Crippen LogP contribution in [-0.2, 0) is 6.42 Å². The van der Waals surface area contributed by atoms with Crippen LogP contribution in [0.5, 0.6) is 0 Å². The van der Waals surface area contributed by atoms with E-state index in [0.29, 0.717) is 6.04 Å². The van der Waals surface area contributed by atoms with Crippen molar-refractivity contribution in [2.75, 3.05) is 6.54 Å². The third-order valence-electron chi connectivity index (χ3n) is 3.35. The molecular weight excluding hydrogens is 214 g/mol. The summed E-state index contributed by atoms with van der Waals surface area (Å²) in [5.41, 5.74) is 1.90. The Balaban J connectivity index is 1.99. The molecule has 5 nitrogen and oxygen atoms in total. The summed E-state index contributed by atoms with van der Waals surface area (Å²) in [6.45, 7) is 5.12. The van der Waals surface area contributed by atoms with Gasteiger partial charge in [-0.3, -0.25) is 4.40 Å². The fourth-order valence-electron chi connectivity index (χ4n) is 2.58. The molecule has 3 rings (SSSR count). The highest BCUT2D eigenvalue weighted by Crippen LogP contribution is 2.13. The van der Waals surface area contributed by atoms with Crippen LogP contribution in [0.2, 0.25) is 0 Å². The minimum atomic E-state index is 0.545. The van der Waals surface area contributed by atoms with E-state index < -0.39 is 0 Å². The van der Waals surface area contributed by atoms with E-state index in [1.165, 1.54) is 12.8 Å². The number of aromatic nitrogens is 4. The van der Waals surface area contributed by atoms with Gasteiger partial charge in [0.2, 0.25) is 0 Å². The Morgan fingerprint density at radius 3 is 3.06 bits per heavy atom. The van der Waals surface area contributed by atoms with Gasteiger partial charge in [-0.15, -0.1) is 10.2 Å². The van der Waals surface area contributed by atoms with Crippen molar-refractivity contribution in [2.24, 2.45) is 0 Å². The molecule has 1 fully saturated rings. The van der Waals surface area contributed by atoms with E-state index in [1.807, 2.05) is 19.9 Å². The van der Waals surface area contributed by atoms with Crippen molar-refractivity contribution in [3.63, 3.8) is 0 Å². The van der Waals surface area contributed by atoms with E-state index in [9.17, 15) is 0 Å². The summed E-state index contributed by atoms with van der Waals surface area (Å²) >= 11 is 0. The van der Waals surface area contributed by atoms with Gasteiger partial charge in [0.15, 0.2) is 5.65 Å². The first-order valence-electron chi connectivity index (χ1n) is 6.15. The lowest BCUT2D eigenvalue weighted by Crippen LogP contribution is -2.25. The second-order valence-corrected chi connectivity index (χ2v) is 4.75. The summed E-state index contributed by atoms with van der Waals surface area (Å²) in [5.74, 6) is 1.99. The lowest BCUT2D eigenvalue weighted by atomic mass is 10.1. The minimum absolute atomic E-state index is 0.545. The normalized spacial score (nSPS) is 20.2. The molecule has 17 heavy (non-hydrogen) atoms. The number of nitrogens with zero attached hydrogens (tertiary/aromatic N) is 4. The monoisotopic (exact) mass is 231 g/mol. The first-order valence-corrected chi connectivity index (χ1v) is 6.15. The number of rotatable bonds is 2. The molecule has 2 aromatic heterocycles. The van der Waals surface area contributed by atoms with E-state index in [1.54, 1.807) is 0 Å². The van der Waals surface area contributed by atoms with Crippen LogP contribution in [0.4, 0.5) is 0 Å². The Morgan fingerprint density at radius 1 is 1.41 bits per heavy atom. The van der Waals surface area contributed by atoms with E-state index in [-0.39, 0.29) is 0 Å². The zero-order valence-electron chi connectivity index (χ0n) is 10.3. The smallest absolute Gasteiger partial charge is 0.164 e. The van der Waals surface area contributed by atoms with Crippen molar-refractivity contribution in [2.45, 2.75) is 39.2 Å². The molecule has 1 unspecified atom stereocenters. The SMILES string of the molecule is Cc1cc2nnc(CC3CCCN3)n2c(C)n1. The number of hydrogen-bond donors (Lipinski definition) is 1. The van der Waals surface area contributed by atoms with Crippen molar-refractivity contribution in [1.82, 2.24) is 24.9 Å². The second-order valence-electron chi connectivity index (χ2n) is 4.75. The van der Waals surface area contributed by atoms with Crippen LogP contribution in [0.1, 0.15) is 30.2 Å². The standard InChI is InChI=1S/C12H17N5/c1-8-6-11-15-16-12(17(11)9(2)14-8)7-10-4-3-5-13-10/h6,10,13H,3-5,7H2,1-2H3. The quantitative estimate of drug-likeness (QED) is 0.839. The largest absolute Gasteiger partial charge is 0.314 e. The van der Waals surface area contributed by atoms with Crippen LogP contribution in [-0.4, -0.2) is 32.2 Å². The lowest BCUT2D eigenvalue weighted by molar-refractivity contribution is 0.580. The highest BCUT2D eigenvalue weighted by atomic mass is 15.3. The van der Waals surface area contributed by atoms with Crippen LogP contribution >= 0.6 is 0 Å². The maximum absolute atomic E-state index is 4.47. The molecule has 5 heteroatoms. The topological polar surface area (TPSA) is 55.1 Å². The second kappa shape index (κ2) is 4.07. The summed E-state index contributed by atoms with van der Waals surface area (Å²) in [5, 5.41) is 12.0. The van der Waals surface area contributed by atoms with Gasteiger partial charge in [0.05, 0.1) is 0 Å². The number of aryl methyl sites for hydroxylation is 2. The predicted octanol–water partition coefficient (Wildman–Crippen LogP) is 1.04. The molecule has 1 atom stereocenters. The maximum Gasteiger partial charge on any atom is 0.164 e. The fraction of sp³-hybridized carbons (Fsp3) is 0.583. The summed E-state index contributed by atoms with van der Waals surface area (Å²) in [7, 11) is 0. The Labute approximate surface area is 100 Å². The Hall–Kier alpha value is -1.49. The van der Waals surface area contributed by atoms with Gasteiger partial charge in [-0.25, -0.2) is 4.98 Å². The van der Waals surface area contributed by atoms with Crippen molar-refractivity contribution < 1.29 is 0 Å². The molecule has 0 saturated carbocycles. The van der Waals surface area contributed by atoms with Gasteiger partial charge in [-0.2, -0.15) is 0 Å². The molecule has 1 saturated heterocycles. The Morgan fingerprint density at radius 2 is 2.29 bits per heavy atom. The number of fused-ring (bicyclic) bond motifs is 1. The van der Waals surface area contributed by atoms with Gasteiger partial charge < -0.3 is 5.32 Å². The van der Waals surface area contributed by atoms with E-state index >= 15 is 0 Å².